The molecule has 1 aliphatic rings. The van der Waals surface area contributed by atoms with E-state index in [0.717, 1.165) is 18.4 Å². The van der Waals surface area contributed by atoms with Gasteiger partial charge in [0.2, 0.25) is 5.91 Å². The largest absolute Gasteiger partial charge is 0.496 e. The fourth-order valence-corrected chi connectivity index (χ4v) is 2.93. The van der Waals surface area contributed by atoms with E-state index in [0.29, 0.717) is 31.6 Å². The van der Waals surface area contributed by atoms with Crippen molar-refractivity contribution >= 4 is 11.9 Å². The third-order valence-corrected chi connectivity index (χ3v) is 4.32. The number of carboxylic acids is 1. The molecule has 0 radical (unpaired) electrons. The van der Waals surface area contributed by atoms with E-state index in [4.69, 9.17) is 9.84 Å². The molecule has 0 heterocycles. The SMILES string of the molecule is COc1cc(C(=O)O)ccc1CCNC(=O)C1(C#N)CCCC1. The Morgan fingerprint density at radius 2 is 2.09 bits per heavy atom. The monoisotopic (exact) mass is 316 g/mol. The molecule has 122 valence electrons. The van der Waals surface area contributed by atoms with Crippen LogP contribution < -0.4 is 10.1 Å². The molecule has 1 aromatic carbocycles. The Morgan fingerprint density at radius 3 is 2.65 bits per heavy atom. The maximum absolute atomic E-state index is 12.2. The lowest BCUT2D eigenvalue weighted by Crippen LogP contribution is -2.39. The number of benzene rings is 1. The fraction of sp³-hybridized carbons (Fsp3) is 0.471. The summed E-state index contributed by atoms with van der Waals surface area (Å²) in [5.41, 5.74) is 0.0938. The molecule has 6 nitrogen and oxygen atoms in total. The molecule has 0 aromatic heterocycles. The Kier molecular flexibility index (Phi) is 5.22. The molecule has 23 heavy (non-hydrogen) atoms. The summed E-state index contributed by atoms with van der Waals surface area (Å²) >= 11 is 0. The number of nitrogens with zero attached hydrogens (tertiary/aromatic N) is 1. The van der Waals surface area contributed by atoms with Crippen LogP contribution in [0.4, 0.5) is 0 Å². The first-order valence-corrected chi connectivity index (χ1v) is 7.62. The van der Waals surface area contributed by atoms with Crippen LogP contribution in [-0.2, 0) is 11.2 Å². The van der Waals surface area contributed by atoms with Crippen molar-refractivity contribution in [3.05, 3.63) is 29.3 Å². The molecule has 1 aromatic rings. The molecule has 0 aliphatic heterocycles. The van der Waals surface area contributed by atoms with Gasteiger partial charge in [-0.1, -0.05) is 18.9 Å². The zero-order chi connectivity index (χ0) is 16.9. The Bertz CT molecular complexity index is 642. The van der Waals surface area contributed by atoms with E-state index >= 15 is 0 Å². The summed E-state index contributed by atoms with van der Waals surface area (Å²) in [6, 6.07) is 6.83. The maximum Gasteiger partial charge on any atom is 0.335 e. The Balaban J connectivity index is 1.97. The second kappa shape index (κ2) is 7.14. The van der Waals surface area contributed by atoms with Gasteiger partial charge in [0.15, 0.2) is 0 Å². The Morgan fingerprint density at radius 1 is 1.39 bits per heavy atom. The summed E-state index contributed by atoms with van der Waals surface area (Å²) in [5.74, 6) is -0.742. The van der Waals surface area contributed by atoms with Crippen molar-refractivity contribution in [1.82, 2.24) is 5.32 Å². The molecule has 1 saturated carbocycles. The van der Waals surface area contributed by atoms with Gasteiger partial charge in [-0.15, -0.1) is 0 Å². The van der Waals surface area contributed by atoms with E-state index < -0.39 is 11.4 Å². The van der Waals surface area contributed by atoms with E-state index in [1.165, 1.54) is 19.2 Å². The molecule has 1 amide bonds. The number of ether oxygens (including phenoxy) is 1. The minimum atomic E-state index is -1.01. The number of nitrogens with one attached hydrogen (secondary N) is 1. The third-order valence-electron chi connectivity index (χ3n) is 4.32. The van der Waals surface area contributed by atoms with E-state index in [-0.39, 0.29) is 11.5 Å². The summed E-state index contributed by atoms with van der Waals surface area (Å²) in [6.45, 7) is 0.380. The van der Waals surface area contributed by atoms with Crippen LogP contribution >= 0.6 is 0 Å². The lowest BCUT2D eigenvalue weighted by molar-refractivity contribution is -0.127. The average molecular weight is 316 g/mol. The van der Waals surface area contributed by atoms with Crippen LogP contribution in [0.3, 0.4) is 0 Å². The number of methoxy groups -OCH3 is 1. The number of hydrogen-bond acceptors (Lipinski definition) is 4. The van der Waals surface area contributed by atoms with Crippen molar-refractivity contribution in [2.75, 3.05) is 13.7 Å². The number of aromatic carboxylic acids is 1. The number of hydrogen-bond donors (Lipinski definition) is 2. The molecule has 0 unspecified atom stereocenters. The Labute approximate surface area is 135 Å². The van der Waals surface area contributed by atoms with Gasteiger partial charge < -0.3 is 15.2 Å². The highest BCUT2D eigenvalue weighted by atomic mass is 16.5. The zero-order valence-corrected chi connectivity index (χ0v) is 13.1. The molecule has 1 fully saturated rings. The molecule has 0 saturated heterocycles. The second-order valence-corrected chi connectivity index (χ2v) is 5.74. The molecule has 0 atom stereocenters. The first-order chi connectivity index (χ1) is 11.0. The van der Waals surface area contributed by atoms with Crippen LogP contribution in [0.1, 0.15) is 41.6 Å². The van der Waals surface area contributed by atoms with Gasteiger partial charge in [0.1, 0.15) is 11.2 Å². The van der Waals surface area contributed by atoms with Gasteiger partial charge in [-0.2, -0.15) is 5.26 Å². The van der Waals surface area contributed by atoms with E-state index in [9.17, 15) is 14.9 Å². The average Bonchev–Trinajstić information content (AvgIpc) is 3.05. The standard InChI is InChI=1S/C17H20N2O4/c1-23-14-10-13(15(20)21)5-4-12(14)6-9-19-16(22)17(11-18)7-2-3-8-17/h4-5,10H,2-3,6-9H2,1H3,(H,19,22)(H,20,21). The lowest BCUT2D eigenvalue weighted by Gasteiger charge is -2.19. The molecule has 0 spiro atoms. The van der Waals surface area contributed by atoms with Crippen molar-refractivity contribution < 1.29 is 19.4 Å². The van der Waals surface area contributed by atoms with Gasteiger partial charge in [0.05, 0.1) is 18.7 Å². The number of rotatable bonds is 6. The molecular formula is C17H20N2O4. The minimum Gasteiger partial charge on any atom is -0.496 e. The maximum atomic E-state index is 12.2. The van der Waals surface area contributed by atoms with Crippen molar-refractivity contribution in [3.63, 3.8) is 0 Å². The van der Waals surface area contributed by atoms with Crippen molar-refractivity contribution in [1.29, 1.82) is 5.26 Å². The minimum absolute atomic E-state index is 0.157. The number of carboxylic acid groups (broad SMARTS) is 1. The number of nitriles is 1. The molecule has 2 rings (SSSR count). The third kappa shape index (κ3) is 3.62. The number of carbonyl (C=O) groups is 2. The van der Waals surface area contributed by atoms with Gasteiger partial charge in [0.25, 0.3) is 0 Å². The normalized spacial score (nSPS) is 15.7. The zero-order valence-electron chi connectivity index (χ0n) is 13.1. The van der Waals surface area contributed by atoms with Crippen LogP contribution in [0.25, 0.3) is 0 Å². The predicted molar refractivity (Wildman–Crippen MR) is 83.2 cm³/mol. The molecule has 6 heteroatoms. The van der Waals surface area contributed by atoms with Crippen LogP contribution in [-0.4, -0.2) is 30.6 Å². The van der Waals surface area contributed by atoms with Crippen molar-refractivity contribution in [2.45, 2.75) is 32.1 Å². The summed E-state index contributed by atoms with van der Waals surface area (Å²) in [6.07, 6.45) is 3.56. The first kappa shape index (κ1) is 16.8. The summed E-state index contributed by atoms with van der Waals surface area (Å²) in [5, 5.41) is 21.1. The first-order valence-electron chi connectivity index (χ1n) is 7.62. The van der Waals surface area contributed by atoms with E-state index in [1.807, 2.05) is 0 Å². The topological polar surface area (TPSA) is 99.4 Å². The highest BCUT2D eigenvalue weighted by molar-refractivity contribution is 5.88. The lowest BCUT2D eigenvalue weighted by atomic mass is 9.87. The van der Waals surface area contributed by atoms with Crippen molar-refractivity contribution in [3.8, 4) is 11.8 Å². The second-order valence-electron chi connectivity index (χ2n) is 5.74. The van der Waals surface area contributed by atoms with Crippen LogP contribution in [0, 0.1) is 16.7 Å². The summed E-state index contributed by atoms with van der Waals surface area (Å²) < 4.78 is 5.21. The number of carbonyl (C=O) groups excluding carboxylic acids is 1. The van der Waals surface area contributed by atoms with Gasteiger partial charge in [0, 0.05) is 6.54 Å². The predicted octanol–water partition coefficient (Wildman–Crippen LogP) is 2.14. The van der Waals surface area contributed by atoms with Crippen LogP contribution in [0.15, 0.2) is 18.2 Å². The molecule has 2 N–H and O–H groups in total. The summed E-state index contributed by atoms with van der Waals surface area (Å²) in [7, 11) is 1.48. The highest BCUT2D eigenvalue weighted by Crippen LogP contribution is 2.37. The van der Waals surface area contributed by atoms with E-state index in [2.05, 4.69) is 11.4 Å². The van der Waals surface area contributed by atoms with Crippen LogP contribution in [0.2, 0.25) is 0 Å². The van der Waals surface area contributed by atoms with Gasteiger partial charge in [-0.3, -0.25) is 4.79 Å². The quantitative estimate of drug-likeness (QED) is 0.837. The van der Waals surface area contributed by atoms with Crippen LogP contribution in [0.5, 0.6) is 5.75 Å². The molecular weight excluding hydrogens is 296 g/mol. The summed E-state index contributed by atoms with van der Waals surface area (Å²) in [4.78, 5) is 23.2. The smallest absolute Gasteiger partial charge is 0.335 e. The molecule has 0 bridgehead atoms. The number of amides is 1. The highest BCUT2D eigenvalue weighted by Gasteiger charge is 2.41. The van der Waals surface area contributed by atoms with E-state index in [1.54, 1.807) is 6.07 Å². The van der Waals surface area contributed by atoms with Gasteiger partial charge in [-0.05, 0) is 37.0 Å². The van der Waals surface area contributed by atoms with Crippen molar-refractivity contribution in [2.24, 2.45) is 5.41 Å². The fourth-order valence-electron chi connectivity index (χ4n) is 2.93. The van der Waals surface area contributed by atoms with Gasteiger partial charge >= 0.3 is 5.97 Å². The van der Waals surface area contributed by atoms with Gasteiger partial charge in [-0.25, -0.2) is 4.79 Å². The Hall–Kier alpha value is -2.55. The molecule has 1 aliphatic carbocycles.